The lowest BCUT2D eigenvalue weighted by Gasteiger charge is -2.10. The van der Waals surface area contributed by atoms with E-state index in [0.717, 1.165) is 0 Å². The maximum Gasteiger partial charge on any atom is 0.319 e. The number of hydrogen-bond acceptors (Lipinski definition) is 3. The minimum atomic E-state index is -0.268. The van der Waals surface area contributed by atoms with Crippen LogP contribution in [0.5, 0.6) is 0 Å². The third kappa shape index (κ3) is 4.18. The summed E-state index contributed by atoms with van der Waals surface area (Å²) < 4.78 is 10.5. The number of anilines is 1. The molecular weight excluding hydrogens is 256 g/mol. The quantitative estimate of drug-likeness (QED) is 0.882. The molecule has 0 aliphatic carbocycles. The van der Waals surface area contributed by atoms with Crippen molar-refractivity contribution in [3.63, 3.8) is 0 Å². The predicted octanol–water partition coefficient (Wildman–Crippen LogP) is 2.22. The summed E-state index contributed by atoms with van der Waals surface area (Å²) in [6, 6.07) is 6.71. The normalized spacial score (nSPS) is 15.6. The van der Waals surface area contributed by atoms with E-state index in [1.165, 1.54) is 0 Å². The number of urea groups is 1. The van der Waals surface area contributed by atoms with E-state index >= 15 is 0 Å². The van der Waals surface area contributed by atoms with Crippen LogP contribution in [-0.2, 0) is 9.47 Å². The molecular formula is C12H15ClN2O3. The second-order valence-corrected chi connectivity index (χ2v) is 4.29. The van der Waals surface area contributed by atoms with Crippen molar-refractivity contribution in [3.05, 3.63) is 29.3 Å². The van der Waals surface area contributed by atoms with Gasteiger partial charge < -0.3 is 20.1 Å². The molecule has 2 rings (SSSR count). The topological polar surface area (TPSA) is 59.6 Å². The van der Waals surface area contributed by atoms with Gasteiger partial charge in [0.15, 0.2) is 6.29 Å². The molecule has 98 valence electrons. The molecule has 0 unspecified atom stereocenters. The maximum absolute atomic E-state index is 11.6. The largest absolute Gasteiger partial charge is 0.350 e. The van der Waals surface area contributed by atoms with Crippen LogP contribution in [0.3, 0.4) is 0 Å². The van der Waals surface area contributed by atoms with Crippen molar-refractivity contribution in [1.82, 2.24) is 5.32 Å². The van der Waals surface area contributed by atoms with Gasteiger partial charge in [-0.25, -0.2) is 4.79 Å². The van der Waals surface area contributed by atoms with E-state index in [1.54, 1.807) is 24.3 Å². The molecule has 1 fully saturated rings. The number of nitrogens with one attached hydrogen (secondary N) is 2. The van der Waals surface area contributed by atoms with Crippen molar-refractivity contribution in [2.45, 2.75) is 12.7 Å². The lowest BCUT2D eigenvalue weighted by Crippen LogP contribution is -2.31. The molecule has 0 spiro atoms. The fourth-order valence-electron chi connectivity index (χ4n) is 1.62. The van der Waals surface area contributed by atoms with Gasteiger partial charge in [0, 0.05) is 23.7 Å². The van der Waals surface area contributed by atoms with Crippen molar-refractivity contribution in [2.75, 3.05) is 25.1 Å². The van der Waals surface area contributed by atoms with Gasteiger partial charge in [0.2, 0.25) is 0 Å². The Morgan fingerprint density at radius 1 is 1.39 bits per heavy atom. The average molecular weight is 271 g/mol. The first-order chi connectivity index (χ1) is 8.74. The first kappa shape index (κ1) is 13.1. The average Bonchev–Trinajstić information content (AvgIpc) is 2.82. The second-order valence-electron chi connectivity index (χ2n) is 3.85. The Bertz CT molecular complexity index is 408. The number of halogens is 1. The van der Waals surface area contributed by atoms with Crippen LogP contribution < -0.4 is 10.6 Å². The van der Waals surface area contributed by atoms with Gasteiger partial charge in [-0.05, 0) is 18.2 Å². The highest BCUT2D eigenvalue weighted by Crippen LogP contribution is 2.14. The van der Waals surface area contributed by atoms with E-state index in [0.29, 0.717) is 36.9 Å². The van der Waals surface area contributed by atoms with Crippen LogP contribution in [0.2, 0.25) is 5.02 Å². The van der Waals surface area contributed by atoms with E-state index in [1.807, 2.05) is 0 Å². The standard InChI is InChI=1S/C12H15ClN2O3/c13-9-2-1-3-10(8-9)15-12(16)14-5-4-11-17-6-7-18-11/h1-3,8,11H,4-7H2,(H2,14,15,16). The summed E-state index contributed by atoms with van der Waals surface area (Å²) in [5.41, 5.74) is 0.661. The van der Waals surface area contributed by atoms with Gasteiger partial charge in [-0.2, -0.15) is 0 Å². The predicted molar refractivity (Wildman–Crippen MR) is 68.8 cm³/mol. The lowest BCUT2D eigenvalue weighted by molar-refractivity contribution is -0.0454. The zero-order valence-electron chi connectivity index (χ0n) is 9.82. The van der Waals surface area contributed by atoms with Gasteiger partial charge >= 0.3 is 6.03 Å². The molecule has 5 nitrogen and oxygen atoms in total. The van der Waals surface area contributed by atoms with E-state index in [4.69, 9.17) is 21.1 Å². The fourth-order valence-corrected chi connectivity index (χ4v) is 1.81. The number of carbonyl (C=O) groups is 1. The van der Waals surface area contributed by atoms with Crippen molar-refractivity contribution in [3.8, 4) is 0 Å². The summed E-state index contributed by atoms with van der Waals surface area (Å²) in [5.74, 6) is 0. The first-order valence-electron chi connectivity index (χ1n) is 5.78. The molecule has 0 saturated carbocycles. The van der Waals surface area contributed by atoms with Crippen molar-refractivity contribution in [2.24, 2.45) is 0 Å². The fraction of sp³-hybridized carbons (Fsp3) is 0.417. The van der Waals surface area contributed by atoms with Gasteiger partial charge in [0.25, 0.3) is 0 Å². The monoisotopic (exact) mass is 270 g/mol. The van der Waals surface area contributed by atoms with Gasteiger partial charge in [0.05, 0.1) is 13.2 Å². The molecule has 6 heteroatoms. The molecule has 0 radical (unpaired) electrons. The maximum atomic E-state index is 11.6. The zero-order chi connectivity index (χ0) is 12.8. The van der Waals surface area contributed by atoms with Crippen molar-refractivity contribution < 1.29 is 14.3 Å². The third-order valence-corrected chi connectivity index (χ3v) is 2.67. The van der Waals surface area contributed by atoms with Crippen LogP contribution in [0, 0.1) is 0 Å². The summed E-state index contributed by atoms with van der Waals surface area (Å²) in [7, 11) is 0. The molecule has 0 aromatic heterocycles. The van der Waals surface area contributed by atoms with Gasteiger partial charge in [-0.15, -0.1) is 0 Å². The molecule has 1 saturated heterocycles. The van der Waals surface area contributed by atoms with Crippen LogP contribution in [0.4, 0.5) is 10.5 Å². The molecule has 0 bridgehead atoms. The summed E-state index contributed by atoms with van der Waals surface area (Å²) in [6.07, 6.45) is 0.444. The SMILES string of the molecule is O=C(NCCC1OCCO1)Nc1cccc(Cl)c1. The number of carbonyl (C=O) groups excluding carboxylic acids is 1. The highest BCUT2D eigenvalue weighted by atomic mass is 35.5. The van der Waals surface area contributed by atoms with E-state index in [2.05, 4.69) is 10.6 Å². The Morgan fingerprint density at radius 2 is 2.17 bits per heavy atom. The molecule has 1 aliphatic rings. The minimum absolute atomic E-state index is 0.198. The summed E-state index contributed by atoms with van der Waals surface area (Å²) in [4.78, 5) is 11.6. The Kier molecular flexibility index (Phi) is 4.81. The molecule has 18 heavy (non-hydrogen) atoms. The number of rotatable bonds is 4. The molecule has 2 amide bonds. The van der Waals surface area contributed by atoms with Crippen LogP contribution in [0.15, 0.2) is 24.3 Å². The molecule has 0 atom stereocenters. The van der Waals surface area contributed by atoms with Gasteiger partial charge in [-0.1, -0.05) is 17.7 Å². The summed E-state index contributed by atoms with van der Waals surface area (Å²) >= 11 is 5.81. The summed E-state index contributed by atoms with van der Waals surface area (Å²) in [6.45, 7) is 1.75. The summed E-state index contributed by atoms with van der Waals surface area (Å²) in [5, 5.41) is 6.00. The number of ether oxygens (including phenoxy) is 2. The van der Waals surface area contributed by atoms with Crippen LogP contribution in [0.1, 0.15) is 6.42 Å². The Hall–Kier alpha value is -1.30. The van der Waals surface area contributed by atoms with E-state index in [-0.39, 0.29) is 12.3 Å². The third-order valence-electron chi connectivity index (χ3n) is 2.44. The Morgan fingerprint density at radius 3 is 2.89 bits per heavy atom. The molecule has 1 aliphatic heterocycles. The zero-order valence-corrected chi connectivity index (χ0v) is 10.6. The number of benzene rings is 1. The van der Waals surface area contributed by atoms with Crippen LogP contribution in [-0.4, -0.2) is 32.1 Å². The van der Waals surface area contributed by atoms with E-state index < -0.39 is 0 Å². The highest BCUT2D eigenvalue weighted by molar-refractivity contribution is 6.30. The minimum Gasteiger partial charge on any atom is -0.350 e. The number of amides is 2. The molecule has 1 aromatic carbocycles. The smallest absolute Gasteiger partial charge is 0.319 e. The van der Waals surface area contributed by atoms with Crippen molar-refractivity contribution in [1.29, 1.82) is 0 Å². The Labute approximate surface area is 110 Å². The van der Waals surface area contributed by atoms with Crippen molar-refractivity contribution >= 4 is 23.3 Å². The molecule has 1 aromatic rings. The lowest BCUT2D eigenvalue weighted by atomic mass is 10.3. The number of hydrogen-bond donors (Lipinski definition) is 2. The highest BCUT2D eigenvalue weighted by Gasteiger charge is 2.15. The van der Waals surface area contributed by atoms with Crippen LogP contribution >= 0.6 is 11.6 Å². The Balaban J connectivity index is 1.68. The van der Waals surface area contributed by atoms with Crippen LogP contribution in [0.25, 0.3) is 0 Å². The van der Waals surface area contributed by atoms with E-state index in [9.17, 15) is 4.79 Å². The van der Waals surface area contributed by atoms with Gasteiger partial charge in [0.1, 0.15) is 0 Å². The molecule has 1 heterocycles. The molecule has 2 N–H and O–H groups in total. The first-order valence-corrected chi connectivity index (χ1v) is 6.15. The second kappa shape index (κ2) is 6.58. The van der Waals surface area contributed by atoms with Gasteiger partial charge in [-0.3, -0.25) is 0 Å².